The lowest BCUT2D eigenvalue weighted by Gasteiger charge is -2.14. The highest BCUT2D eigenvalue weighted by Crippen LogP contribution is 2.37. The lowest BCUT2D eigenvalue weighted by molar-refractivity contribution is -0.369. The van der Waals surface area contributed by atoms with Gasteiger partial charge in [-0.15, -0.1) is 0 Å². The second-order valence-electron chi connectivity index (χ2n) is 3.70. The molecule has 1 heterocycles. The van der Waals surface area contributed by atoms with Gasteiger partial charge >= 0.3 is 11.8 Å². The molecule has 0 radical (unpaired) electrons. The third kappa shape index (κ3) is 2.50. The fourth-order valence-corrected chi connectivity index (χ4v) is 1.85. The molecule has 0 aliphatic carbocycles. The first-order valence-corrected chi connectivity index (χ1v) is 5.75. The number of benzene rings is 1. The third-order valence-electron chi connectivity index (χ3n) is 2.51. The van der Waals surface area contributed by atoms with Crippen LogP contribution in [0.4, 0.5) is 0 Å². The van der Waals surface area contributed by atoms with Gasteiger partial charge in [-0.3, -0.25) is 0 Å². The summed E-state index contributed by atoms with van der Waals surface area (Å²) in [5, 5.41) is 9.82. The van der Waals surface area contributed by atoms with Gasteiger partial charge in [0.2, 0.25) is 0 Å². The molecular weight excluding hydrogens is 292 g/mol. The van der Waals surface area contributed by atoms with E-state index in [2.05, 4.69) is 25.6 Å². The van der Waals surface area contributed by atoms with Crippen LogP contribution in [0, 0.1) is 0 Å². The minimum Gasteiger partial charge on any atom is -0.465 e. The van der Waals surface area contributed by atoms with Gasteiger partial charge in [0.1, 0.15) is 6.10 Å². The van der Waals surface area contributed by atoms with Crippen LogP contribution in [0.3, 0.4) is 0 Å². The topological polar surface area (TPSA) is 65.0 Å². The van der Waals surface area contributed by atoms with E-state index < -0.39 is 17.9 Å². The van der Waals surface area contributed by atoms with Gasteiger partial charge in [0.15, 0.2) is 0 Å². The summed E-state index contributed by atoms with van der Waals surface area (Å²) in [5.74, 6) is -2.89. The number of methoxy groups -OCH3 is 1. The monoisotopic (exact) mass is 302 g/mol. The summed E-state index contributed by atoms with van der Waals surface area (Å²) < 4.78 is 5.37. The SMILES string of the molecule is COC(=O)C1(O)C[C@@H](c2ccc(Br)cc2)OO1. The maximum atomic E-state index is 11.3. The predicted molar refractivity (Wildman–Crippen MR) is 60.6 cm³/mol. The summed E-state index contributed by atoms with van der Waals surface area (Å²) in [4.78, 5) is 20.9. The first-order valence-electron chi connectivity index (χ1n) is 4.96. The molecule has 0 bridgehead atoms. The minimum absolute atomic E-state index is 0.00130. The molecule has 1 N–H and O–H groups in total. The highest BCUT2D eigenvalue weighted by atomic mass is 79.9. The second kappa shape index (κ2) is 4.73. The Balaban J connectivity index is 2.12. The fourth-order valence-electron chi connectivity index (χ4n) is 1.58. The molecule has 17 heavy (non-hydrogen) atoms. The average molecular weight is 303 g/mol. The van der Waals surface area contributed by atoms with E-state index in [1.54, 1.807) is 0 Å². The molecule has 0 aromatic heterocycles. The van der Waals surface area contributed by atoms with Crippen molar-refractivity contribution in [1.29, 1.82) is 0 Å². The van der Waals surface area contributed by atoms with Crippen molar-refractivity contribution in [1.82, 2.24) is 0 Å². The number of ether oxygens (including phenoxy) is 1. The van der Waals surface area contributed by atoms with Crippen LogP contribution in [0.5, 0.6) is 0 Å². The molecule has 1 aromatic carbocycles. The molecule has 0 spiro atoms. The average Bonchev–Trinajstić information content (AvgIpc) is 2.73. The Bertz CT molecular complexity index is 418. The van der Waals surface area contributed by atoms with Gasteiger partial charge in [-0.05, 0) is 17.7 Å². The number of rotatable bonds is 2. The molecule has 92 valence electrons. The molecule has 5 nitrogen and oxygen atoms in total. The number of hydrogen-bond donors (Lipinski definition) is 1. The van der Waals surface area contributed by atoms with Crippen molar-refractivity contribution in [3.05, 3.63) is 34.3 Å². The van der Waals surface area contributed by atoms with Crippen LogP contribution in [0.1, 0.15) is 18.1 Å². The molecule has 6 heteroatoms. The highest BCUT2D eigenvalue weighted by molar-refractivity contribution is 9.10. The lowest BCUT2D eigenvalue weighted by atomic mass is 10.0. The van der Waals surface area contributed by atoms with E-state index in [1.807, 2.05) is 24.3 Å². The highest BCUT2D eigenvalue weighted by Gasteiger charge is 2.49. The van der Waals surface area contributed by atoms with Crippen LogP contribution in [0.15, 0.2) is 28.7 Å². The largest absolute Gasteiger partial charge is 0.465 e. The van der Waals surface area contributed by atoms with Crippen molar-refractivity contribution in [2.24, 2.45) is 0 Å². The van der Waals surface area contributed by atoms with E-state index in [9.17, 15) is 9.90 Å². The van der Waals surface area contributed by atoms with Crippen molar-refractivity contribution in [3.8, 4) is 0 Å². The van der Waals surface area contributed by atoms with Crippen LogP contribution in [-0.2, 0) is 19.3 Å². The zero-order valence-electron chi connectivity index (χ0n) is 9.05. The number of carbonyl (C=O) groups is 1. The summed E-state index contributed by atoms with van der Waals surface area (Å²) in [6.45, 7) is 0. The summed E-state index contributed by atoms with van der Waals surface area (Å²) in [7, 11) is 1.18. The van der Waals surface area contributed by atoms with E-state index in [0.717, 1.165) is 10.0 Å². The van der Waals surface area contributed by atoms with Gasteiger partial charge in [0.05, 0.1) is 7.11 Å². The van der Waals surface area contributed by atoms with Crippen LogP contribution in [0.2, 0.25) is 0 Å². The normalized spacial score (nSPS) is 28.1. The number of carbonyl (C=O) groups excluding carboxylic acids is 1. The summed E-state index contributed by atoms with van der Waals surface area (Å²) in [5.41, 5.74) is 0.813. The number of esters is 1. The van der Waals surface area contributed by atoms with E-state index >= 15 is 0 Å². The van der Waals surface area contributed by atoms with Crippen LogP contribution in [-0.4, -0.2) is 24.0 Å². The Labute approximate surface area is 106 Å². The second-order valence-corrected chi connectivity index (χ2v) is 4.62. The molecule has 2 atom stereocenters. The smallest absolute Gasteiger partial charge is 0.369 e. The number of hydrogen-bond acceptors (Lipinski definition) is 5. The zero-order valence-corrected chi connectivity index (χ0v) is 10.6. The van der Waals surface area contributed by atoms with Crippen LogP contribution >= 0.6 is 15.9 Å². The van der Waals surface area contributed by atoms with Gasteiger partial charge in [-0.1, -0.05) is 28.1 Å². The van der Waals surface area contributed by atoms with Crippen molar-refractivity contribution < 1.29 is 24.4 Å². The Kier molecular flexibility index (Phi) is 3.48. The Morgan fingerprint density at radius 2 is 2.18 bits per heavy atom. The molecule has 1 aliphatic rings. The Hall–Kier alpha value is -0.950. The van der Waals surface area contributed by atoms with Gasteiger partial charge in [0, 0.05) is 10.9 Å². The summed E-state index contributed by atoms with van der Waals surface area (Å²) >= 11 is 3.32. The summed E-state index contributed by atoms with van der Waals surface area (Å²) in [6, 6.07) is 7.32. The first-order chi connectivity index (χ1) is 8.05. The van der Waals surface area contributed by atoms with Gasteiger partial charge in [0.25, 0.3) is 0 Å². The lowest BCUT2D eigenvalue weighted by Crippen LogP contribution is -2.38. The fraction of sp³-hybridized carbons (Fsp3) is 0.364. The standard InChI is InChI=1S/C11H11BrO5/c1-15-10(13)11(14)6-9(16-17-11)7-2-4-8(12)5-3-7/h2-5,9,14H,6H2,1H3/t9-,11?/m0/s1. The zero-order chi connectivity index (χ0) is 12.5. The van der Waals surface area contributed by atoms with Crippen molar-refractivity contribution in [2.75, 3.05) is 7.11 Å². The van der Waals surface area contributed by atoms with E-state index in [1.165, 1.54) is 7.11 Å². The van der Waals surface area contributed by atoms with Crippen LogP contribution < -0.4 is 0 Å². The molecule has 1 unspecified atom stereocenters. The first kappa shape index (κ1) is 12.5. The van der Waals surface area contributed by atoms with Crippen LogP contribution in [0.25, 0.3) is 0 Å². The Morgan fingerprint density at radius 1 is 1.53 bits per heavy atom. The minimum atomic E-state index is -2.02. The van der Waals surface area contributed by atoms with Crippen molar-refractivity contribution in [3.63, 3.8) is 0 Å². The van der Waals surface area contributed by atoms with Crippen molar-refractivity contribution in [2.45, 2.75) is 18.3 Å². The van der Waals surface area contributed by atoms with E-state index in [0.29, 0.717) is 0 Å². The summed E-state index contributed by atoms with van der Waals surface area (Å²) in [6.07, 6.45) is -0.492. The Morgan fingerprint density at radius 3 is 2.76 bits per heavy atom. The van der Waals surface area contributed by atoms with Gasteiger partial charge in [-0.25, -0.2) is 9.68 Å². The molecule has 0 saturated carbocycles. The molecule has 1 aliphatic heterocycles. The predicted octanol–water partition coefficient (Wildman–Crippen LogP) is 1.70. The molecule has 1 aromatic rings. The molecule has 0 amide bonds. The number of halogens is 1. The van der Waals surface area contributed by atoms with E-state index in [4.69, 9.17) is 4.89 Å². The maximum Gasteiger partial charge on any atom is 0.369 e. The van der Waals surface area contributed by atoms with E-state index in [-0.39, 0.29) is 6.42 Å². The molecular formula is C11H11BrO5. The quantitative estimate of drug-likeness (QED) is 0.665. The van der Waals surface area contributed by atoms with Crippen molar-refractivity contribution >= 4 is 21.9 Å². The van der Waals surface area contributed by atoms with Gasteiger partial charge < -0.3 is 9.84 Å². The maximum absolute atomic E-state index is 11.3. The third-order valence-corrected chi connectivity index (χ3v) is 3.04. The molecule has 1 fully saturated rings. The van der Waals surface area contributed by atoms with Gasteiger partial charge in [-0.2, -0.15) is 4.89 Å². The number of aliphatic hydroxyl groups is 1. The molecule has 1 saturated heterocycles. The molecule has 2 rings (SSSR count).